The van der Waals surface area contributed by atoms with Gasteiger partial charge in [-0.05, 0) is 43.7 Å². The fourth-order valence-corrected chi connectivity index (χ4v) is 1.75. The van der Waals surface area contributed by atoms with E-state index in [4.69, 9.17) is 4.74 Å². The van der Waals surface area contributed by atoms with Crippen LogP contribution in [0.15, 0.2) is 22.7 Å². The molecule has 0 aliphatic rings. The van der Waals surface area contributed by atoms with Gasteiger partial charge < -0.3 is 15.2 Å². The Bertz CT molecular complexity index is 318. The van der Waals surface area contributed by atoms with Crippen molar-refractivity contribution in [1.29, 1.82) is 0 Å². The lowest BCUT2D eigenvalue weighted by Gasteiger charge is -2.07. The van der Waals surface area contributed by atoms with Gasteiger partial charge in [-0.15, -0.1) is 0 Å². The highest BCUT2D eigenvalue weighted by molar-refractivity contribution is 9.10. The lowest BCUT2D eigenvalue weighted by molar-refractivity contribution is 0.144. The fourth-order valence-electron chi connectivity index (χ4n) is 1.36. The van der Waals surface area contributed by atoms with E-state index >= 15 is 0 Å². The smallest absolute Gasteiger partial charge is 0.115 e. The highest BCUT2D eigenvalue weighted by atomic mass is 79.9. The first-order chi connectivity index (χ1) is 7.74. The molecule has 16 heavy (non-hydrogen) atoms. The second kappa shape index (κ2) is 7.65. The van der Waals surface area contributed by atoms with Crippen LogP contribution >= 0.6 is 15.9 Å². The van der Waals surface area contributed by atoms with Crippen LogP contribution in [0.5, 0.6) is 5.75 Å². The minimum Gasteiger partial charge on any atom is -0.508 e. The second-order valence-electron chi connectivity index (χ2n) is 3.50. The van der Waals surface area contributed by atoms with E-state index in [0.29, 0.717) is 5.75 Å². The number of hydrogen-bond acceptors (Lipinski definition) is 3. The van der Waals surface area contributed by atoms with Gasteiger partial charge in [0.1, 0.15) is 5.75 Å². The fraction of sp³-hybridized carbons (Fsp3) is 0.500. The average molecular weight is 288 g/mol. The number of hydrogen-bond donors (Lipinski definition) is 2. The summed E-state index contributed by atoms with van der Waals surface area (Å²) in [6.45, 7) is 5.24. The van der Waals surface area contributed by atoms with Crippen LogP contribution in [0.25, 0.3) is 0 Å². The molecule has 1 aromatic carbocycles. The molecule has 0 radical (unpaired) electrons. The van der Waals surface area contributed by atoms with Crippen molar-refractivity contribution < 1.29 is 9.84 Å². The lowest BCUT2D eigenvalue weighted by Crippen LogP contribution is -2.16. The van der Waals surface area contributed by atoms with Crippen molar-refractivity contribution in [1.82, 2.24) is 5.32 Å². The first kappa shape index (κ1) is 13.5. The molecule has 1 aromatic rings. The predicted molar refractivity (Wildman–Crippen MR) is 68.6 cm³/mol. The van der Waals surface area contributed by atoms with Gasteiger partial charge in [0.2, 0.25) is 0 Å². The Morgan fingerprint density at radius 3 is 3.00 bits per heavy atom. The largest absolute Gasteiger partial charge is 0.508 e. The molecule has 0 fully saturated rings. The molecule has 4 heteroatoms. The number of phenolic OH excluding ortho intramolecular Hbond substituents is 1. The first-order valence-electron chi connectivity index (χ1n) is 5.50. The number of halogens is 1. The average Bonchev–Trinajstić information content (AvgIpc) is 2.28. The van der Waals surface area contributed by atoms with Crippen LogP contribution in [0, 0.1) is 0 Å². The molecule has 0 bridgehead atoms. The van der Waals surface area contributed by atoms with Crippen molar-refractivity contribution in [3.8, 4) is 5.75 Å². The Morgan fingerprint density at radius 1 is 1.44 bits per heavy atom. The standard InChI is InChI=1S/C12H18BrNO2/c1-2-16-7-3-6-14-9-10-8-11(15)4-5-12(10)13/h4-5,8,14-15H,2-3,6-7,9H2,1H3. The molecule has 90 valence electrons. The SMILES string of the molecule is CCOCCCNCc1cc(O)ccc1Br. The molecule has 2 N–H and O–H groups in total. The van der Waals surface area contributed by atoms with Gasteiger partial charge in [0, 0.05) is 24.2 Å². The van der Waals surface area contributed by atoms with Gasteiger partial charge in [0.15, 0.2) is 0 Å². The second-order valence-corrected chi connectivity index (χ2v) is 4.36. The predicted octanol–water partition coefficient (Wildman–Crippen LogP) is 2.67. The Morgan fingerprint density at radius 2 is 2.25 bits per heavy atom. The van der Waals surface area contributed by atoms with E-state index in [9.17, 15) is 5.11 Å². The van der Waals surface area contributed by atoms with E-state index in [1.165, 1.54) is 0 Å². The summed E-state index contributed by atoms with van der Waals surface area (Å²) in [4.78, 5) is 0. The zero-order valence-electron chi connectivity index (χ0n) is 9.50. The summed E-state index contributed by atoms with van der Waals surface area (Å²) < 4.78 is 6.26. The number of rotatable bonds is 7. The van der Waals surface area contributed by atoms with Crippen LogP contribution in [-0.4, -0.2) is 24.9 Å². The third-order valence-electron chi connectivity index (χ3n) is 2.19. The van der Waals surface area contributed by atoms with Crippen molar-refractivity contribution in [3.05, 3.63) is 28.2 Å². The van der Waals surface area contributed by atoms with Crippen LogP contribution in [0.4, 0.5) is 0 Å². The Labute approximate surface area is 105 Å². The summed E-state index contributed by atoms with van der Waals surface area (Å²) in [6.07, 6.45) is 1.00. The monoisotopic (exact) mass is 287 g/mol. The zero-order valence-corrected chi connectivity index (χ0v) is 11.1. The minimum absolute atomic E-state index is 0.300. The molecule has 0 saturated heterocycles. The van der Waals surface area contributed by atoms with Crippen LogP contribution in [0.3, 0.4) is 0 Å². The lowest BCUT2D eigenvalue weighted by atomic mass is 10.2. The van der Waals surface area contributed by atoms with E-state index in [1.54, 1.807) is 12.1 Å². The van der Waals surface area contributed by atoms with Gasteiger partial charge in [-0.3, -0.25) is 0 Å². The first-order valence-corrected chi connectivity index (χ1v) is 6.29. The van der Waals surface area contributed by atoms with E-state index in [1.807, 2.05) is 13.0 Å². The van der Waals surface area contributed by atoms with E-state index in [0.717, 1.165) is 42.8 Å². The van der Waals surface area contributed by atoms with Gasteiger partial charge in [0.25, 0.3) is 0 Å². The summed E-state index contributed by atoms with van der Waals surface area (Å²) in [5.74, 6) is 0.300. The van der Waals surface area contributed by atoms with Crippen molar-refractivity contribution in [2.75, 3.05) is 19.8 Å². The molecule has 0 saturated carbocycles. The molecule has 0 aliphatic carbocycles. The summed E-state index contributed by atoms with van der Waals surface area (Å²) >= 11 is 3.45. The topological polar surface area (TPSA) is 41.5 Å². The molecule has 0 atom stereocenters. The van der Waals surface area contributed by atoms with Crippen LogP contribution in [0.1, 0.15) is 18.9 Å². The molecule has 0 heterocycles. The normalized spacial score (nSPS) is 10.6. The van der Waals surface area contributed by atoms with Crippen LogP contribution in [0.2, 0.25) is 0 Å². The third kappa shape index (κ3) is 4.96. The molecule has 0 unspecified atom stereocenters. The molecule has 1 rings (SSSR count). The van der Waals surface area contributed by atoms with Crippen LogP contribution < -0.4 is 5.32 Å². The van der Waals surface area contributed by atoms with E-state index < -0.39 is 0 Å². The Hall–Kier alpha value is -0.580. The molecule has 0 amide bonds. The molecule has 0 aliphatic heterocycles. The van der Waals surface area contributed by atoms with Crippen molar-refractivity contribution in [2.24, 2.45) is 0 Å². The van der Waals surface area contributed by atoms with Crippen molar-refractivity contribution >= 4 is 15.9 Å². The molecule has 3 nitrogen and oxygen atoms in total. The number of aromatic hydroxyl groups is 1. The molecule has 0 spiro atoms. The quantitative estimate of drug-likeness (QED) is 0.758. The number of nitrogens with one attached hydrogen (secondary N) is 1. The number of ether oxygens (including phenoxy) is 1. The highest BCUT2D eigenvalue weighted by Gasteiger charge is 2.00. The van der Waals surface area contributed by atoms with Gasteiger partial charge >= 0.3 is 0 Å². The van der Waals surface area contributed by atoms with Crippen LogP contribution in [-0.2, 0) is 11.3 Å². The van der Waals surface area contributed by atoms with Gasteiger partial charge in [-0.1, -0.05) is 15.9 Å². The zero-order chi connectivity index (χ0) is 11.8. The van der Waals surface area contributed by atoms with Crippen molar-refractivity contribution in [2.45, 2.75) is 19.9 Å². The molecular weight excluding hydrogens is 270 g/mol. The van der Waals surface area contributed by atoms with E-state index in [2.05, 4.69) is 21.2 Å². The number of benzene rings is 1. The number of phenols is 1. The maximum Gasteiger partial charge on any atom is 0.115 e. The van der Waals surface area contributed by atoms with Gasteiger partial charge in [-0.2, -0.15) is 0 Å². The Kier molecular flexibility index (Phi) is 6.45. The summed E-state index contributed by atoms with van der Waals surface area (Å²) in [5, 5.41) is 12.6. The molecular formula is C12H18BrNO2. The maximum absolute atomic E-state index is 9.34. The summed E-state index contributed by atoms with van der Waals surface area (Å²) in [5.41, 5.74) is 1.07. The Balaban J connectivity index is 2.23. The third-order valence-corrected chi connectivity index (χ3v) is 2.96. The van der Waals surface area contributed by atoms with Crippen molar-refractivity contribution in [3.63, 3.8) is 0 Å². The summed E-state index contributed by atoms with van der Waals surface area (Å²) in [7, 11) is 0. The van der Waals surface area contributed by atoms with Gasteiger partial charge in [0.05, 0.1) is 0 Å². The maximum atomic E-state index is 9.34. The minimum atomic E-state index is 0.300. The van der Waals surface area contributed by atoms with E-state index in [-0.39, 0.29) is 0 Å². The highest BCUT2D eigenvalue weighted by Crippen LogP contribution is 2.21. The van der Waals surface area contributed by atoms with Gasteiger partial charge in [-0.25, -0.2) is 0 Å². The molecule has 0 aromatic heterocycles. The summed E-state index contributed by atoms with van der Waals surface area (Å²) in [6, 6.07) is 5.29.